The van der Waals surface area contributed by atoms with Gasteiger partial charge < -0.3 is 4.74 Å². The van der Waals surface area contributed by atoms with Crippen molar-refractivity contribution in [2.24, 2.45) is 0 Å². The van der Waals surface area contributed by atoms with Gasteiger partial charge in [0.2, 0.25) is 0 Å². The van der Waals surface area contributed by atoms with Gasteiger partial charge in [-0.25, -0.2) is 4.79 Å². The molecule has 0 fully saturated rings. The molecule has 12 heavy (non-hydrogen) atoms. The fourth-order valence-corrected chi connectivity index (χ4v) is 0.688. The maximum atomic E-state index is 11.0. The number of rotatable bonds is 2. The quantitative estimate of drug-likeness (QED) is 0.416. The summed E-state index contributed by atoms with van der Waals surface area (Å²) in [6.45, 7) is 5.50. The van der Waals surface area contributed by atoms with Crippen LogP contribution in [0.3, 0.4) is 0 Å². The van der Waals surface area contributed by atoms with Crippen LogP contribution in [0.2, 0.25) is 0 Å². The lowest BCUT2D eigenvalue weighted by atomic mass is 10.2. The van der Waals surface area contributed by atoms with Gasteiger partial charge in [-0.15, -0.1) is 0 Å². The van der Waals surface area contributed by atoms with Gasteiger partial charge in [-0.1, -0.05) is 28.1 Å². The molecule has 0 spiro atoms. The first-order valence-electron chi connectivity index (χ1n) is 3.62. The molecule has 0 bridgehead atoms. The molecule has 0 unspecified atom stereocenters. The van der Waals surface area contributed by atoms with Gasteiger partial charge in [0.25, 0.3) is 0 Å². The Balaban J connectivity index is 3.91. The Morgan fingerprint density at radius 1 is 1.33 bits per heavy atom. The number of hydrogen-bond acceptors (Lipinski definition) is 2. The second kappa shape index (κ2) is 5.14. The van der Waals surface area contributed by atoms with E-state index < -0.39 is 5.60 Å². The molecule has 0 aliphatic rings. The number of ether oxygens (including phenoxy) is 1. The third-order valence-electron chi connectivity index (χ3n) is 0.823. The molecule has 0 amide bonds. The van der Waals surface area contributed by atoms with E-state index in [0.29, 0.717) is 0 Å². The van der Waals surface area contributed by atoms with E-state index in [9.17, 15) is 4.79 Å². The number of allylic oxidation sites excluding steroid dienone is 2. The number of esters is 1. The van der Waals surface area contributed by atoms with Crippen molar-refractivity contribution in [2.45, 2.75) is 26.4 Å². The van der Waals surface area contributed by atoms with Gasteiger partial charge in [0.1, 0.15) is 5.60 Å². The number of halogens is 1. The van der Waals surface area contributed by atoms with Crippen LogP contribution in [-0.4, -0.2) is 11.6 Å². The molecular formula is C9H13BrO2. The summed E-state index contributed by atoms with van der Waals surface area (Å²) in [5.41, 5.74) is -0.417. The van der Waals surface area contributed by atoms with Crippen molar-refractivity contribution in [3.8, 4) is 0 Å². The van der Waals surface area contributed by atoms with Gasteiger partial charge in [0, 0.05) is 6.08 Å². The first-order chi connectivity index (χ1) is 5.45. The predicted octanol–water partition coefficient (Wildman–Crippen LogP) is 2.79. The van der Waals surface area contributed by atoms with Crippen molar-refractivity contribution in [2.75, 3.05) is 0 Å². The van der Waals surface area contributed by atoms with E-state index in [1.165, 1.54) is 6.08 Å². The molecule has 0 aromatic heterocycles. The lowest BCUT2D eigenvalue weighted by Gasteiger charge is -2.17. The summed E-state index contributed by atoms with van der Waals surface area (Å²) in [6.07, 6.45) is 4.69. The highest BCUT2D eigenvalue weighted by atomic mass is 79.9. The zero-order valence-electron chi connectivity index (χ0n) is 7.50. The smallest absolute Gasteiger partial charge is 0.331 e. The Bertz CT molecular complexity index is 199. The van der Waals surface area contributed by atoms with Crippen LogP contribution < -0.4 is 0 Å². The van der Waals surface area contributed by atoms with Gasteiger partial charge in [-0.2, -0.15) is 0 Å². The monoisotopic (exact) mass is 232 g/mol. The highest BCUT2D eigenvalue weighted by Gasteiger charge is 2.13. The van der Waals surface area contributed by atoms with E-state index >= 15 is 0 Å². The minimum absolute atomic E-state index is 0.326. The Morgan fingerprint density at radius 3 is 2.33 bits per heavy atom. The lowest BCUT2D eigenvalue weighted by molar-refractivity contribution is -0.148. The van der Waals surface area contributed by atoms with Gasteiger partial charge in [-0.3, -0.25) is 0 Å². The molecule has 0 saturated carbocycles. The van der Waals surface area contributed by atoms with E-state index in [-0.39, 0.29) is 5.97 Å². The largest absolute Gasteiger partial charge is 0.457 e. The molecule has 0 atom stereocenters. The van der Waals surface area contributed by atoms with Crippen LogP contribution in [-0.2, 0) is 9.53 Å². The Labute approximate surface area is 81.4 Å². The minimum atomic E-state index is -0.417. The van der Waals surface area contributed by atoms with Crippen LogP contribution in [0.4, 0.5) is 0 Å². The van der Waals surface area contributed by atoms with E-state index in [4.69, 9.17) is 4.74 Å². The fourth-order valence-electron chi connectivity index (χ4n) is 0.512. The van der Waals surface area contributed by atoms with Crippen molar-refractivity contribution in [1.82, 2.24) is 0 Å². The first kappa shape index (κ1) is 11.4. The zero-order valence-corrected chi connectivity index (χ0v) is 9.09. The molecule has 0 aliphatic carbocycles. The van der Waals surface area contributed by atoms with Crippen molar-refractivity contribution in [3.05, 3.63) is 23.2 Å². The molecule has 3 heteroatoms. The van der Waals surface area contributed by atoms with Gasteiger partial charge >= 0.3 is 5.97 Å². The summed E-state index contributed by atoms with van der Waals surface area (Å²) in [5, 5.41) is 0. The topological polar surface area (TPSA) is 26.3 Å². The van der Waals surface area contributed by atoms with Gasteiger partial charge in [-0.05, 0) is 25.8 Å². The Kier molecular flexibility index (Phi) is 4.90. The maximum Gasteiger partial charge on any atom is 0.331 e. The Hall–Kier alpha value is -0.570. The van der Waals surface area contributed by atoms with E-state index in [1.807, 2.05) is 20.8 Å². The molecule has 0 N–H and O–H groups in total. The SMILES string of the molecule is CC(C)(C)OC(=O)/C=C\C=C/Br. The van der Waals surface area contributed by atoms with Crippen molar-refractivity contribution in [3.63, 3.8) is 0 Å². The van der Waals surface area contributed by atoms with Crippen LogP contribution in [0.1, 0.15) is 20.8 Å². The molecule has 0 aromatic rings. The molecule has 2 nitrogen and oxygen atoms in total. The summed E-state index contributed by atoms with van der Waals surface area (Å²) in [7, 11) is 0. The normalized spacial score (nSPS) is 12.7. The van der Waals surface area contributed by atoms with Crippen LogP contribution in [0.15, 0.2) is 23.2 Å². The highest BCUT2D eigenvalue weighted by Crippen LogP contribution is 2.06. The third kappa shape index (κ3) is 7.54. The van der Waals surface area contributed by atoms with Crippen LogP contribution in [0.5, 0.6) is 0 Å². The second-order valence-corrected chi connectivity index (χ2v) is 3.74. The summed E-state index contributed by atoms with van der Waals surface area (Å²) in [5.74, 6) is -0.326. The Morgan fingerprint density at radius 2 is 1.92 bits per heavy atom. The van der Waals surface area contributed by atoms with Gasteiger partial charge in [0.15, 0.2) is 0 Å². The minimum Gasteiger partial charge on any atom is -0.457 e. The average Bonchev–Trinajstić information content (AvgIpc) is 1.84. The van der Waals surface area contributed by atoms with Gasteiger partial charge in [0.05, 0.1) is 0 Å². The standard InChI is InChI=1S/C9H13BrO2/c1-9(2,3)12-8(11)6-4-5-7-10/h4-7H,1-3H3/b6-4-,7-5-. The fraction of sp³-hybridized carbons (Fsp3) is 0.444. The number of hydrogen-bond donors (Lipinski definition) is 0. The molecule has 68 valence electrons. The van der Waals surface area contributed by atoms with Crippen molar-refractivity contribution < 1.29 is 9.53 Å². The second-order valence-electron chi connectivity index (χ2n) is 3.21. The first-order valence-corrected chi connectivity index (χ1v) is 4.53. The third-order valence-corrected chi connectivity index (χ3v) is 1.13. The van der Waals surface area contributed by atoms with Crippen LogP contribution in [0.25, 0.3) is 0 Å². The van der Waals surface area contributed by atoms with E-state index in [1.54, 1.807) is 17.1 Å². The molecule has 0 aliphatic heterocycles. The summed E-state index contributed by atoms with van der Waals surface area (Å²) < 4.78 is 5.01. The molecule has 0 heterocycles. The summed E-state index contributed by atoms with van der Waals surface area (Å²) >= 11 is 3.08. The van der Waals surface area contributed by atoms with Crippen LogP contribution >= 0.6 is 15.9 Å². The average molecular weight is 233 g/mol. The molecule has 0 rings (SSSR count). The van der Waals surface area contributed by atoms with Crippen LogP contribution in [0, 0.1) is 0 Å². The lowest BCUT2D eigenvalue weighted by Crippen LogP contribution is -2.22. The van der Waals surface area contributed by atoms with Crippen molar-refractivity contribution >= 4 is 21.9 Å². The summed E-state index contributed by atoms with van der Waals surface area (Å²) in [6, 6.07) is 0. The van der Waals surface area contributed by atoms with Crippen molar-refractivity contribution in [1.29, 1.82) is 0 Å². The highest BCUT2D eigenvalue weighted by molar-refractivity contribution is 9.11. The number of carbonyl (C=O) groups excluding carboxylic acids is 1. The zero-order chi connectivity index (χ0) is 9.61. The summed E-state index contributed by atoms with van der Waals surface area (Å²) in [4.78, 5) is 12.6. The molecule has 0 saturated heterocycles. The maximum absolute atomic E-state index is 11.0. The molecule has 0 radical (unpaired) electrons. The molecule has 0 aromatic carbocycles. The predicted molar refractivity (Wildman–Crippen MR) is 53.1 cm³/mol. The number of carbonyl (C=O) groups is 1. The molecular weight excluding hydrogens is 220 g/mol. The van der Waals surface area contributed by atoms with E-state index in [0.717, 1.165) is 0 Å². The van der Waals surface area contributed by atoms with E-state index in [2.05, 4.69) is 15.9 Å².